The molecule has 3 aromatic rings. The second-order valence-corrected chi connectivity index (χ2v) is 10.3. The Labute approximate surface area is 166 Å². The third kappa shape index (κ3) is 4.68. The van der Waals surface area contributed by atoms with Crippen LogP contribution < -0.4 is 27.6 Å². The summed E-state index contributed by atoms with van der Waals surface area (Å²) in [6.45, 7) is -2.26. The van der Waals surface area contributed by atoms with E-state index in [1.54, 1.807) is 0 Å². The van der Waals surface area contributed by atoms with E-state index in [1.165, 1.54) is 12.1 Å². The van der Waals surface area contributed by atoms with Gasteiger partial charge >= 0.3 is 6.18 Å². The minimum atomic E-state index is -4.33. The van der Waals surface area contributed by atoms with E-state index in [-0.39, 0.29) is 17.0 Å². The van der Waals surface area contributed by atoms with Crippen LogP contribution >= 0.6 is 17.9 Å². The smallest absolute Gasteiger partial charge is 0.416 e. The number of hydrogen-bond acceptors (Lipinski definition) is 0. The second kappa shape index (κ2) is 8.56. The summed E-state index contributed by atoms with van der Waals surface area (Å²) in [6.07, 6.45) is -3.83. The number of benzene rings is 3. The Balaban J connectivity index is 0.00000243. The SMILES string of the molecule is FC(F)(F)c1ccc(C[P+](Cl)(c2ccccc2)c2ccccc2)cc1.[Br-]. The predicted molar refractivity (Wildman–Crippen MR) is 100 cm³/mol. The lowest BCUT2D eigenvalue weighted by atomic mass is 10.1. The van der Waals surface area contributed by atoms with Gasteiger partial charge in [0.2, 0.25) is 0 Å². The maximum absolute atomic E-state index is 12.8. The molecule has 0 spiro atoms. The Bertz CT molecular complexity index is 782. The van der Waals surface area contributed by atoms with Gasteiger partial charge < -0.3 is 17.0 Å². The van der Waals surface area contributed by atoms with E-state index in [1.807, 2.05) is 60.7 Å². The molecule has 3 aromatic carbocycles. The topological polar surface area (TPSA) is 0 Å². The molecule has 136 valence electrons. The maximum atomic E-state index is 12.8. The van der Waals surface area contributed by atoms with Crippen LogP contribution in [-0.2, 0) is 12.3 Å². The summed E-state index contributed by atoms with van der Waals surface area (Å²) in [5.41, 5.74) is 0.151. The predicted octanol–water partition coefficient (Wildman–Crippen LogP) is 3.03. The van der Waals surface area contributed by atoms with E-state index in [4.69, 9.17) is 11.2 Å². The van der Waals surface area contributed by atoms with Gasteiger partial charge in [-0.15, -0.1) is 0 Å². The maximum Gasteiger partial charge on any atom is 0.416 e. The van der Waals surface area contributed by atoms with E-state index in [0.717, 1.165) is 28.3 Å². The van der Waals surface area contributed by atoms with Gasteiger partial charge in [0.1, 0.15) is 16.8 Å². The van der Waals surface area contributed by atoms with Gasteiger partial charge in [0.05, 0.1) is 16.8 Å². The highest BCUT2D eigenvalue weighted by molar-refractivity contribution is 8.09. The highest BCUT2D eigenvalue weighted by Gasteiger charge is 2.42. The summed E-state index contributed by atoms with van der Waals surface area (Å²) >= 11 is 7.14. The number of rotatable bonds is 4. The molecule has 26 heavy (non-hydrogen) atoms. The zero-order valence-corrected chi connectivity index (χ0v) is 16.9. The molecule has 0 saturated carbocycles. The largest absolute Gasteiger partial charge is 1.00 e. The van der Waals surface area contributed by atoms with Crippen LogP contribution in [0.25, 0.3) is 0 Å². The van der Waals surface area contributed by atoms with Crippen molar-refractivity contribution in [3.05, 3.63) is 96.1 Å². The Morgan fingerprint density at radius 2 is 1.12 bits per heavy atom. The molecule has 3 rings (SSSR count). The Hall–Kier alpha value is -1.35. The standard InChI is InChI=1S/C20H16ClF3P.BrH/c21-25(18-7-3-1-4-8-18,19-9-5-2-6-10-19)15-16-11-13-17(14-12-16)20(22,23)24;/h1-14H,15H2;1H/q+1;/p-1. The summed E-state index contributed by atoms with van der Waals surface area (Å²) in [6, 6.07) is 24.8. The van der Waals surface area contributed by atoms with Gasteiger partial charge in [0.25, 0.3) is 0 Å². The van der Waals surface area contributed by atoms with Crippen molar-refractivity contribution in [1.82, 2.24) is 0 Å². The van der Waals surface area contributed by atoms with Crippen molar-refractivity contribution in [2.24, 2.45) is 0 Å². The van der Waals surface area contributed by atoms with Crippen molar-refractivity contribution in [1.29, 1.82) is 0 Å². The number of halogens is 5. The molecule has 0 radical (unpaired) electrons. The molecule has 0 aliphatic carbocycles. The Kier molecular flexibility index (Phi) is 6.90. The molecule has 0 atom stereocenters. The van der Waals surface area contributed by atoms with Crippen LogP contribution in [-0.4, -0.2) is 0 Å². The summed E-state index contributed by atoms with van der Waals surface area (Å²) in [5, 5.41) is 2.03. The lowest BCUT2D eigenvalue weighted by Gasteiger charge is -2.19. The van der Waals surface area contributed by atoms with Gasteiger partial charge in [-0.2, -0.15) is 13.2 Å². The van der Waals surface area contributed by atoms with E-state index in [0.29, 0.717) is 6.16 Å². The van der Waals surface area contributed by atoms with Crippen molar-refractivity contribution < 1.29 is 30.2 Å². The monoisotopic (exact) mass is 458 g/mol. The molecule has 0 unspecified atom stereocenters. The Morgan fingerprint density at radius 3 is 1.50 bits per heavy atom. The zero-order valence-electron chi connectivity index (χ0n) is 13.6. The average molecular weight is 460 g/mol. The van der Waals surface area contributed by atoms with Crippen molar-refractivity contribution in [2.45, 2.75) is 12.3 Å². The van der Waals surface area contributed by atoms with Crippen LogP contribution in [0.5, 0.6) is 0 Å². The second-order valence-electron chi connectivity index (χ2n) is 5.74. The Morgan fingerprint density at radius 1 is 0.692 bits per heavy atom. The summed E-state index contributed by atoms with van der Waals surface area (Å²) in [7, 11) is 0. The van der Waals surface area contributed by atoms with Crippen molar-refractivity contribution in [3.63, 3.8) is 0 Å². The molecule has 0 nitrogen and oxygen atoms in total. The molecule has 6 heteroatoms. The number of alkyl halides is 3. The fraction of sp³-hybridized carbons (Fsp3) is 0.100. The highest BCUT2D eigenvalue weighted by Crippen LogP contribution is 2.64. The lowest BCUT2D eigenvalue weighted by molar-refractivity contribution is -0.137. The summed E-state index contributed by atoms with van der Waals surface area (Å²) in [5.74, 6) is 0. The first-order valence-corrected chi connectivity index (χ1v) is 10.6. The molecule has 0 N–H and O–H groups in total. The highest BCUT2D eigenvalue weighted by atomic mass is 79.9. The van der Waals surface area contributed by atoms with Gasteiger partial charge in [-0.3, -0.25) is 0 Å². The first kappa shape index (κ1) is 21.0. The van der Waals surface area contributed by atoms with Crippen LogP contribution in [0.4, 0.5) is 13.2 Å². The van der Waals surface area contributed by atoms with Gasteiger partial charge in [0.15, 0.2) is 6.62 Å². The summed E-state index contributed by atoms with van der Waals surface area (Å²) in [4.78, 5) is 0. The molecule has 0 aliphatic heterocycles. The van der Waals surface area contributed by atoms with Crippen molar-refractivity contribution in [3.8, 4) is 0 Å². The molecule has 0 fully saturated rings. The fourth-order valence-corrected chi connectivity index (χ4v) is 6.47. The molecule has 0 amide bonds. The van der Waals surface area contributed by atoms with E-state index in [9.17, 15) is 13.2 Å². The van der Waals surface area contributed by atoms with E-state index >= 15 is 0 Å². The van der Waals surface area contributed by atoms with Gasteiger partial charge in [0, 0.05) is 0 Å². The van der Waals surface area contributed by atoms with E-state index in [2.05, 4.69) is 0 Å². The van der Waals surface area contributed by atoms with Crippen LogP contribution in [0.15, 0.2) is 84.9 Å². The van der Waals surface area contributed by atoms with Crippen LogP contribution in [0.2, 0.25) is 0 Å². The minimum Gasteiger partial charge on any atom is -1.00 e. The molecule has 0 aliphatic rings. The molecule has 0 bridgehead atoms. The van der Waals surface area contributed by atoms with Crippen LogP contribution in [0.3, 0.4) is 0 Å². The first-order chi connectivity index (χ1) is 11.9. The quantitative estimate of drug-likeness (QED) is 0.526. The molecule has 0 saturated heterocycles. The average Bonchev–Trinajstić information content (AvgIpc) is 2.63. The zero-order chi connectivity index (χ0) is 17.9. The minimum absolute atomic E-state index is 0. The molecule has 0 aromatic heterocycles. The molecular weight excluding hydrogens is 444 g/mol. The number of hydrogen-bond donors (Lipinski definition) is 0. The van der Waals surface area contributed by atoms with Crippen molar-refractivity contribution >= 4 is 28.5 Å². The van der Waals surface area contributed by atoms with Crippen molar-refractivity contribution in [2.75, 3.05) is 0 Å². The normalized spacial score (nSPS) is 11.7. The van der Waals surface area contributed by atoms with Gasteiger partial charge in [-0.25, -0.2) is 0 Å². The van der Waals surface area contributed by atoms with Gasteiger partial charge in [-0.1, -0.05) is 48.5 Å². The fourth-order valence-electron chi connectivity index (χ4n) is 2.71. The van der Waals surface area contributed by atoms with Gasteiger partial charge in [-0.05, 0) is 42.0 Å². The van der Waals surface area contributed by atoms with Crippen LogP contribution in [0.1, 0.15) is 11.1 Å². The third-order valence-electron chi connectivity index (χ3n) is 4.01. The molecule has 0 heterocycles. The van der Waals surface area contributed by atoms with E-state index < -0.39 is 18.4 Å². The molecular formula is C20H16BrClF3P. The lowest BCUT2D eigenvalue weighted by Crippen LogP contribution is -3.00. The third-order valence-corrected chi connectivity index (χ3v) is 8.58. The summed E-state index contributed by atoms with van der Waals surface area (Å²) < 4.78 is 38.3. The van der Waals surface area contributed by atoms with Crippen LogP contribution in [0, 0.1) is 0 Å². The first-order valence-electron chi connectivity index (χ1n) is 7.75.